The number of rotatable bonds is 15. The van der Waals surface area contributed by atoms with Gasteiger partial charge in [-0.05, 0) is 56.2 Å². The minimum atomic E-state index is -0.610. The Labute approximate surface area is 231 Å². The lowest BCUT2D eigenvalue weighted by atomic mass is 9.85. The van der Waals surface area contributed by atoms with Gasteiger partial charge in [0.25, 0.3) is 5.91 Å². The molecule has 0 saturated heterocycles. The summed E-state index contributed by atoms with van der Waals surface area (Å²) in [6, 6.07) is 12.9. The van der Waals surface area contributed by atoms with Gasteiger partial charge in [-0.3, -0.25) is 9.59 Å². The van der Waals surface area contributed by atoms with Crippen LogP contribution in [0.4, 0.5) is 4.39 Å². The zero-order valence-electron chi connectivity index (χ0n) is 23.1. The van der Waals surface area contributed by atoms with Crippen molar-refractivity contribution in [3.8, 4) is 5.75 Å². The fraction of sp³-hybridized carbons (Fsp3) is 0.531. The molecule has 1 saturated carbocycles. The molecule has 3 rings (SSSR count). The van der Waals surface area contributed by atoms with Gasteiger partial charge in [-0.25, -0.2) is 4.39 Å². The molecule has 39 heavy (non-hydrogen) atoms. The van der Waals surface area contributed by atoms with E-state index in [1.807, 2.05) is 30.3 Å². The van der Waals surface area contributed by atoms with Crippen molar-refractivity contribution in [3.63, 3.8) is 0 Å². The molecule has 2 amide bonds. The second-order valence-electron chi connectivity index (χ2n) is 11.0. The first kappa shape index (κ1) is 30.3. The summed E-state index contributed by atoms with van der Waals surface area (Å²) in [5.74, 6) is -0.832. The standard InChI is InChI=1S/C32H43FN2O4/c1-23(36)15-20-31(38)34-27(14-8-13-24-9-4-2-5-10-24)17-18-28(21-25-11-6-3-7-12-25)35-32(39)29-19-16-26(33)22-30(29)37/h3,6-7,11-12,16,19,22,24,27-28,37H,2,4-5,8-10,13-15,17-18,20-21H2,1H3,(H,34,38)(H,35,39). The number of benzene rings is 2. The van der Waals surface area contributed by atoms with Gasteiger partial charge < -0.3 is 20.5 Å². The number of carbonyl (C=O) groups excluding carboxylic acids is 3. The molecule has 2 atom stereocenters. The predicted molar refractivity (Wildman–Crippen MR) is 151 cm³/mol. The van der Waals surface area contributed by atoms with Gasteiger partial charge in [-0.15, -0.1) is 0 Å². The molecule has 0 spiro atoms. The molecule has 1 aliphatic rings. The molecule has 0 aliphatic heterocycles. The topological polar surface area (TPSA) is 95.5 Å². The molecule has 1 fully saturated rings. The Balaban J connectivity index is 1.66. The molecule has 0 aromatic heterocycles. The van der Waals surface area contributed by atoms with Crippen molar-refractivity contribution in [2.45, 2.75) is 102 Å². The van der Waals surface area contributed by atoms with Crippen LogP contribution in [0.3, 0.4) is 0 Å². The zero-order valence-corrected chi connectivity index (χ0v) is 23.1. The quantitative estimate of drug-likeness (QED) is 0.250. The van der Waals surface area contributed by atoms with E-state index in [9.17, 15) is 23.9 Å². The number of hydrogen-bond acceptors (Lipinski definition) is 4. The Morgan fingerprint density at radius 1 is 0.923 bits per heavy atom. The first-order valence-electron chi connectivity index (χ1n) is 14.4. The van der Waals surface area contributed by atoms with Gasteiger partial charge in [0.15, 0.2) is 0 Å². The Morgan fingerprint density at radius 2 is 1.64 bits per heavy atom. The lowest BCUT2D eigenvalue weighted by Gasteiger charge is -2.25. The maximum absolute atomic E-state index is 13.4. The van der Waals surface area contributed by atoms with Crippen LogP contribution in [-0.2, 0) is 16.0 Å². The summed E-state index contributed by atoms with van der Waals surface area (Å²) in [5.41, 5.74) is 1.08. The van der Waals surface area contributed by atoms with Crippen molar-refractivity contribution in [2.75, 3.05) is 0 Å². The number of ketones is 1. The molecule has 1 aliphatic carbocycles. The monoisotopic (exact) mass is 538 g/mol. The Kier molecular flexibility index (Phi) is 12.5. The Morgan fingerprint density at radius 3 is 2.33 bits per heavy atom. The number of hydrogen-bond donors (Lipinski definition) is 3. The second-order valence-corrected chi connectivity index (χ2v) is 11.0. The van der Waals surface area contributed by atoms with Crippen LogP contribution in [0.5, 0.6) is 5.75 Å². The van der Waals surface area contributed by atoms with Gasteiger partial charge in [0.2, 0.25) is 5.91 Å². The first-order valence-corrected chi connectivity index (χ1v) is 14.4. The summed E-state index contributed by atoms with van der Waals surface area (Å²) in [6.07, 6.45) is 11.8. The number of halogens is 1. The SMILES string of the molecule is CC(=O)CCC(=O)NC(CCCC1CCCCC1)CCC(Cc1ccccc1)NC(=O)c1ccc(F)cc1O. The van der Waals surface area contributed by atoms with E-state index in [1.165, 1.54) is 45.1 Å². The van der Waals surface area contributed by atoms with E-state index in [-0.39, 0.29) is 42.2 Å². The van der Waals surface area contributed by atoms with Gasteiger partial charge >= 0.3 is 0 Å². The second kappa shape index (κ2) is 16.0. The highest BCUT2D eigenvalue weighted by Crippen LogP contribution is 2.28. The number of aromatic hydroxyl groups is 1. The van der Waals surface area contributed by atoms with Crippen LogP contribution in [0.1, 0.15) is 99.9 Å². The lowest BCUT2D eigenvalue weighted by Crippen LogP contribution is -2.40. The molecule has 0 radical (unpaired) electrons. The van der Waals surface area contributed by atoms with Crippen LogP contribution in [-0.4, -0.2) is 34.8 Å². The highest BCUT2D eigenvalue weighted by molar-refractivity contribution is 5.97. The molecule has 212 valence electrons. The summed E-state index contributed by atoms with van der Waals surface area (Å²) in [7, 11) is 0. The predicted octanol–water partition coefficient (Wildman–Crippen LogP) is 6.26. The number of Topliss-reactive ketones (excluding diaryl/α,β-unsaturated/α-hetero) is 1. The smallest absolute Gasteiger partial charge is 0.255 e. The molecule has 2 aromatic carbocycles. The number of phenolic OH excluding ortho intramolecular Hbond substituents is 1. The van der Waals surface area contributed by atoms with Crippen LogP contribution in [0.25, 0.3) is 0 Å². The van der Waals surface area contributed by atoms with Crippen molar-refractivity contribution < 1.29 is 23.9 Å². The van der Waals surface area contributed by atoms with E-state index >= 15 is 0 Å². The van der Waals surface area contributed by atoms with Crippen LogP contribution in [0.15, 0.2) is 48.5 Å². The molecular weight excluding hydrogens is 495 g/mol. The lowest BCUT2D eigenvalue weighted by molar-refractivity contribution is -0.125. The van der Waals surface area contributed by atoms with Crippen LogP contribution in [0, 0.1) is 11.7 Å². The average Bonchev–Trinajstić information content (AvgIpc) is 2.91. The summed E-state index contributed by atoms with van der Waals surface area (Å²) in [6.45, 7) is 1.49. The molecule has 2 aromatic rings. The van der Waals surface area contributed by atoms with E-state index in [1.54, 1.807) is 0 Å². The number of nitrogens with one attached hydrogen (secondary N) is 2. The summed E-state index contributed by atoms with van der Waals surface area (Å²) >= 11 is 0. The molecule has 0 heterocycles. The normalized spacial score (nSPS) is 15.3. The summed E-state index contributed by atoms with van der Waals surface area (Å²) in [4.78, 5) is 37.0. The molecule has 3 N–H and O–H groups in total. The first-order chi connectivity index (χ1) is 18.8. The minimum absolute atomic E-state index is 0.00585. The molecule has 7 heteroatoms. The van der Waals surface area contributed by atoms with Crippen LogP contribution in [0.2, 0.25) is 0 Å². The number of carbonyl (C=O) groups is 3. The van der Waals surface area contributed by atoms with E-state index in [4.69, 9.17) is 0 Å². The third-order valence-electron chi connectivity index (χ3n) is 7.69. The summed E-state index contributed by atoms with van der Waals surface area (Å²) < 4.78 is 13.4. The fourth-order valence-electron chi connectivity index (χ4n) is 5.49. The number of amides is 2. The Hall–Kier alpha value is -3.22. The van der Waals surface area contributed by atoms with Gasteiger partial charge in [-0.2, -0.15) is 0 Å². The van der Waals surface area contributed by atoms with E-state index in [2.05, 4.69) is 10.6 Å². The largest absolute Gasteiger partial charge is 0.507 e. The van der Waals surface area contributed by atoms with E-state index in [0.717, 1.165) is 42.9 Å². The van der Waals surface area contributed by atoms with E-state index in [0.29, 0.717) is 19.3 Å². The van der Waals surface area contributed by atoms with Gasteiger partial charge in [0.1, 0.15) is 17.3 Å². The molecule has 0 bridgehead atoms. The minimum Gasteiger partial charge on any atom is -0.507 e. The average molecular weight is 539 g/mol. The van der Waals surface area contributed by atoms with Crippen LogP contribution >= 0.6 is 0 Å². The maximum atomic E-state index is 13.4. The van der Waals surface area contributed by atoms with Crippen molar-refractivity contribution in [2.24, 2.45) is 5.92 Å². The summed E-state index contributed by atoms with van der Waals surface area (Å²) in [5, 5.41) is 16.3. The zero-order chi connectivity index (χ0) is 28.0. The fourth-order valence-corrected chi connectivity index (χ4v) is 5.49. The molecular formula is C32H43FN2O4. The van der Waals surface area contributed by atoms with Crippen molar-refractivity contribution in [3.05, 3.63) is 65.5 Å². The third kappa shape index (κ3) is 11.2. The number of phenols is 1. The van der Waals surface area contributed by atoms with Crippen molar-refractivity contribution >= 4 is 17.6 Å². The van der Waals surface area contributed by atoms with Gasteiger partial charge in [0, 0.05) is 31.0 Å². The molecule has 2 unspecified atom stereocenters. The highest BCUT2D eigenvalue weighted by Gasteiger charge is 2.21. The third-order valence-corrected chi connectivity index (χ3v) is 7.69. The Bertz CT molecular complexity index is 1070. The maximum Gasteiger partial charge on any atom is 0.255 e. The van der Waals surface area contributed by atoms with Gasteiger partial charge in [0.05, 0.1) is 5.56 Å². The highest BCUT2D eigenvalue weighted by atomic mass is 19.1. The van der Waals surface area contributed by atoms with Crippen molar-refractivity contribution in [1.29, 1.82) is 0 Å². The van der Waals surface area contributed by atoms with Crippen molar-refractivity contribution in [1.82, 2.24) is 10.6 Å². The van der Waals surface area contributed by atoms with Crippen LogP contribution < -0.4 is 10.6 Å². The molecule has 6 nitrogen and oxygen atoms in total. The van der Waals surface area contributed by atoms with E-state index < -0.39 is 17.5 Å². The van der Waals surface area contributed by atoms with Gasteiger partial charge in [-0.1, -0.05) is 75.3 Å².